The van der Waals surface area contributed by atoms with Gasteiger partial charge in [0.15, 0.2) is 0 Å². The van der Waals surface area contributed by atoms with Gasteiger partial charge in [-0.1, -0.05) is 0 Å². The molecule has 0 saturated carbocycles. The monoisotopic (exact) mass is 296 g/mol. The molecule has 0 fully saturated rings. The van der Waals surface area contributed by atoms with Crippen molar-refractivity contribution in [3.63, 3.8) is 0 Å². The summed E-state index contributed by atoms with van der Waals surface area (Å²) in [6, 6.07) is 0. The van der Waals surface area contributed by atoms with E-state index in [1.165, 1.54) is 0 Å². The lowest BCUT2D eigenvalue weighted by Gasteiger charge is -2.02. The molecule has 0 aliphatic carbocycles. The fourth-order valence-electron chi connectivity index (χ4n) is 1.17. The Hall–Kier alpha value is -0.320. The van der Waals surface area contributed by atoms with E-state index in [1.807, 2.05) is 0 Å². The first-order chi connectivity index (χ1) is 9.83. The van der Waals surface area contributed by atoms with Crippen LogP contribution in [0.3, 0.4) is 0 Å². The third kappa shape index (κ3) is 26.3. The van der Waals surface area contributed by atoms with Crippen LogP contribution in [-0.2, 0) is 0 Å². The van der Waals surface area contributed by atoms with Crippen molar-refractivity contribution in [3.05, 3.63) is 0 Å². The normalized spacial score (nSPS) is 10.2. The van der Waals surface area contributed by atoms with Crippen molar-refractivity contribution in [2.24, 2.45) is 0 Å². The second-order valence-corrected chi connectivity index (χ2v) is 3.89. The molecular formula is C12H32N4O4. The Balaban J connectivity index is 0. The molecule has 8 nitrogen and oxygen atoms in total. The minimum atomic E-state index is 0.181. The molecule has 0 unspecified atom stereocenters. The molecule has 0 aromatic rings. The maximum Gasteiger partial charge on any atom is 0.0555 e. The summed E-state index contributed by atoms with van der Waals surface area (Å²) in [4.78, 5) is 0. The minimum absolute atomic E-state index is 0.181. The number of aliphatic hydroxyl groups excluding tert-OH is 4. The first kappa shape index (κ1) is 22.0. The SMILES string of the molecule is OCCNCCNCCO.OCCNCCNCCO. The molecule has 8 N–H and O–H groups in total. The molecule has 0 rings (SSSR count). The molecular weight excluding hydrogens is 264 g/mol. The van der Waals surface area contributed by atoms with Crippen LogP contribution in [0.4, 0.5) is 0 Å². The van der Waals surface area contributed by atoms with E-state index in [1.54, 1.807) is 0 Å². The second-order valence-electron chi connectivity index (χ2n) is 3.89. The lowest BCUT2D eigenvalue weighted by atomic mass is 10.5. The molecule has 0 aromatic heterocycles. The topological polar surface area (TPSA) is 129 Å². The molecule has 0 atom stereocenters. The van der Waals surface area contributed by atoms with E-state index in [2.05, 4.69) is 21.3 Å². The Morgan fingerprint density at radius 2 is 0.550 bits per heavy atom. The fourth-order valence-corrected chi connectivity index (χ4v) is 1.17. The summed E-state index contributed by atoms with van der Waals surface area (Å²) in [6.07, 6.45) is 0. The number of aliphatic hydroxyl groups is 4. The van der Waals surface area contributed by atoms with Gasteiger partial charge in [-0.15, -0.1) is 0 Å². The van der Waals surface area contributed by atoms with Crippen LogP contribution in [-0.4, -0.2) is 99.2 Å². The van der Waals surface area contributed by atoms with E-state index in [9.17, 15) is 0 Å². The summed E-state index contributed by atoms with van der Waals surface area (Å²) < 4.78 is 0. The van der Waals surface area contributed by atoms with E-state index < -0.39 is 0 Å². The predicted octanol–water partition coefficient (Wildman–Crippen LogP) is -3.70. The smallest absolute Gasteiger partial charge is 0.0555 e. The van der Waals surface area contributed by atoms with Gasteiger partial charge in [-0.25, -0.2) is 0 Å². The summed E-state index contributed by atoms with van der Waals surface area (Å²) in [7, 11) is 0. The van der Waals surface area contributed by atoms with Crippen molar-refractivity contribution in [3.8, 4) is 0 Å². The molecule has 0 amide bonds. The number of hydrogen-bond donors (Lipinski definition) is 8. The Morgan fingerprint density at radius 3 is 0.700 bits per heavy atom. The van der Waals surface area contributed by atoms with Gasteiger partial charge in [0.05, 0.1) is 26.4 Å². The van der Waals surface area contributed by atoms with Gasteiger partial charge < -0.3 is 41.7 Å². The summed E-state index contributed by atoms with van der Waals surface area (Å²) in [5.74, 6) is 0. The highest BCUT2D eigenvalue weighted by molar-refractivity contribution is 4.50. The number of nitrogens with one attached hydrogen (secondary N) is 4. The zero-order valence-electron chi connectivity index (χ0n) is 12.3. The van der Waals surface area contributed by atoms with Gasteiger partial charge in [0, 0.05) is 52.4 Å². The van der Waals surface area contributed by atoms with E-state index in [-0.39, 0.29) is 26.4 Å². The first-order valence-corrected chi connectivity index (χ1v) is 7.09. The molecule has 0 aromatic carbocycles. The Kier molecular flexibility index (Phi) is 26.1. The highest BCUT2D eigenvalue weighted by atomic mass is 16.3. The van der Waals surface area contributed by atoms with Crippen molar-refractivity contribution in [1.29, 1.82) is 0 Å². The first-order valence-electron chi connectivity index (χ1n) is 7.09. The maximum atomic E-state index is 8.35. The third-order valence-corrected chi connectivity index (χ3v) is 2.11. The molecule has 0 aliphatic rings. The minimum Gasteiger partial charge on any atom is -0.395 e. The van der Waals surface area contributed by atoms with E-state index in [0.29, 0.717) is 26.2 Å². The third-order valence-electron chi connectivity index (χ3n) is 2.11. The van der Waals surface area contributed by atoms with Crippen LogP contribution in [0.1, 0.15) is 0 Å². The average Bonchev–Trinajstić information content (AvgIpc) is 2.47. The van der Waals surface area contributed by atoms with Gasteiger partial charge in [-0.3, -0.25) is 0 Å². The average molecular weight is 296 g/mol. The molecule has 8 heteroatoms. The Morgan fingerprint density at radius 1 is 0.350 bits per heavy atom. The summed E-state index contributed by atoms with van der Waals surface area (Å²) >= 11 is 0. The van der Waals surface area contributed by atoms with E-state index in [4.69, 9.17) is 20.4 Å². The largest absolute Gasteiger partial charge is 0.395 e. The fraction of sp³-hybridized carbons (Fsp3) is 1.00. The van der Waals surface area contributed by atoms with Crippen molar-refractivity contribution >= 4 is 0 Å². The second kappa shape index (κ2) is 23.7. The van der Waals surface area contributed by atoms with Gasteiger partial charge in [0.2, 0.25) is 0 Å². The Labute approximate surface area is 121 Å². The highest BCUT2D eigenvalue weighted by Crippen LogP contribution is 1.60. The molecule has 0 aliphatic heterocycles. The van der Waals surface area contributed by atoms with Gasteiger partial charge in [0.1, 0.15) is 0 Å². The lowest BCUT2D eigenvalue weighted by molar-refractivity contribution is 0.286. The van der Waals surface area contributed by atoms with Crippen molar-refractivity contribution in [2.75, 3.05) is 78.8 Å². The van der Waals surface area contributed by atoms with Crippen LogP contribution >= 0.6 is 0 Å². The molecule has 0 bridgehead atoms. The van der Waals surface area contributed by atoms with Gasteiger partial charge in [-0.2, -0.15) is 0 Å². The van der Waals surface area contributed by atoms with E-state index >= 15 is 0 Å². The molecule has 20 heavy (non-hydrogen) atoms. The number of rotatable bonds is 14. The zero-order chi connectivity index (χ0) is 15.3. The van der Waals surface area contributed by atoms with Crippen LogP contribution < -0.4 is 21.3 Å². The maximum absolute atomic E-state index is 8.35. The van der Waals surface area contributed by atoms with Crippen LogP contribution in [0.2, 0.25) is 0 Å². The van der Waals surface area contributed by atoms with Crippen LogP contribution in [0.25, 0.3) is 0 Å². The van der Waals surface area contributed by atoms with Crippen LogP contribution in [0.15, 0.2) is 0 Å². The molecule has 0 heterocycles. The highest BCUT2D eigenvalue weighted by Gasteiger charge is 1.85. The van der Waals surface area contributed by atoms with Gasteiger partial charge >= 0.3 is 0 Å². The molecule has 0 saturated heterocycles. The predicted molar refractivity (Wildman–Crippen MR) is 79.8 cm³/mol. The summed E-state index contributed by atoms with van der Waals surface area (Å²) in [5.41, 5.74) is 0. The summed E-state index contributed by atoms with van der Waals surface area (Å²) in [5, 5.41) is 45.4. The van der Waals surface area contributed by atoms with Crippen molar-refractivity contribution < 1.29 is 20.4 Å². The Bertz CT molecular complexity index is 123. The van der Waals surface area contributed by atoms with Gasteiger partial charge in [0.25, 0.3) is 0 Å². The summed E-state index contributed by atoms with van der Waals surface area (Å²) in [6.45, 7) is 6.62. The van der Waals surface area contributed by atoms with Crippen molar-refractivity contribution in [1.82, 2.24) is 21.3 Å². The number of hydrogen-bond acceptors (Lipinski definition) is 8. The standard InChI is InChI=1S/2C6H16N2O2/c2*9-5-3-7-1-2-8-4-6-10/h2*7-10H,1-6H2. The zero-order valence-corrected chi connectivity index (χ0v) is 12.3. The quantitative estimate of drug-likeness (QED) is 0.154. The van der Waals surface area contributed by atoms with Crippen molar-refractivity contribution in [2.45, 2.75) is 0 Å². The van der Waals surface area contributed by atoms with Gasteiger partial charge in [-0.05, 0) is 0 Å². The molecule has 0 spiro atoms. The lowest BCUT2D eigenvalue weighted by Crippen LogP contribution is -2.30. The molecule has 0 radical (unpaired) electrons. The van der Waals surface area contributed by atoms with E-state index in [0.717, 1.165) is 26.2 Å². The molecule has 124 valence electrons. The van der Waals surface area contributed by atoms with Crippen LogP contribution in [0, 0.1) is 0 Å². The van der Waals surface area contributed by atoms with Crippen LogP contribution in [0.5, 0.6) is 0 Å².